The third-order valence-electron chi connectivity index (χ3n) is 4.17. The van der Waals surface area contributed by atoms with Crippen LogP contribution in [0.25, 0.3) is 0 Å². The molecule has 106 valence electrons. The van der Waals surface area contributed by atoms with E-state index >= 15 is 0 Å². The lowest BCUT2D eigenvalue weighted by Crippen LogP contribution is -2.54. The average molecular weight is 291 g/mol. The Kier molecular flexibility index (Phi) is 3.46. The molecule has 1 heterocycles. The van der Waals surface area contributed by atoms with Gasteiger partial charge in [0.1, 0.15) is 5.54 Å². The van der Waals surface area contributed by atoms with Crippen molar-refractivity contribution in [1.29, 1.82) is 0 Å². The van der Waals surface area contributed by atoms with E-state index in [1.165, 1.54) is 17.3 Å². The van der Waals surface area contributed by atoms with Crippen molar-refractivity contribution in [2.75, 3.05) is 0 Å². The maximum atomic E-state index is 12.4. The molecule has 3 rings (SSSR count). The summed E-state index contributed by atoms with van der Waals surface area (Å²) in [5, 5.41) is 12.0. The molecule has 1 aromatic rings. The van der Waals surface area contributed by atoms with Gasteiger partial charge in [-0.05, 0) is 30.9 Å². The first-order chi connectivity index (χ1) is 9.61. The van der Waals surface area contributed by atoms with E-state index in [1.54, 1.807) is 0 Å². The van der Waals surface area contributed by atoms with Gasteiger partial charge in [0.05, 0.1) is 5.25 Å². The van der Waals surface area contributed by atoms with E-state index in [2.05, 4.69) is 5.32 Å². The number of aliphatic carboxylic acids is 1. The number of hydrogen-bond donors (Lipinski definition) is 2. The normalized spacial score (nSPS) is 23.3. The Bertz CT molecular complexity index is 527. The number of hydrogen-bond acceptors (Lipinski definition) is 3. The van der Waals surface area contributed by atoms with Crippen LogP contribution in [0.4, 0.5) is 0 Å². The number of carboxylic acid groups (broad SMARTS) is 1. The van der Waals surface area contributed by atoms with Crippen molar-refractivity contribution in [3.8, 4) is 0 Å². The fraction of sp³-hybridized carbons (Fsp3) is 0.467. The van der Waals surface area contributed by atoms with E-state index in [1.807, 2.05) is 24.3 Å². The van der Waals surface area contributed by atoms with Crippen LogP contribution in [0.2, 0.25) is 0 Å². The van der Waals surface area contributed by atoms with Crippen LogP contribution in [-0.2, 0) is 16.0 Å². The number of rotatable bonds is 3. The smallest absolute Gasteiger partial charge is 0.329 e. The zero-order valence-corrected chi connectivity index (χ0v) is 11.9. The molecule has 1 unspecified atom stereocenters. The van der Waals surface area contributed by atoms with Crippen molar-refractivity contribution in [1.82, 2.24) is 5.32 Å². The van der Waals surface area contributed by atoms with Gasteiger partial charge in [0.2, 0.25) is 5.91 Å². The quantitative estimate of drug-likeness (QED) is 0.896. The standard InChI is InChI=1S/C15H17NO3S/c17-13(16-15(14(18)19)7-3-4-8-15)12-9-10-5-1-2-6-11(10)20-12/h1-2,5-6,12H,3-4,7-9H2,(H,16,17)(H,18,19). The molecular formula is C15H17NO3S. The minimum Gasteiger partial charge on any atom is -0.480 e. The average Bonchev–Trinajstić information content (AvgIpc) is 3.05. The molecule has 1 aliphatic heterocycles. The fourth-order valence-electron chi connectivity index (χ4n) is 3.02. The van der Waals surface area contributed by atoms with Gasteiger partial charge in [-0.2, -0.15) is 0 Å². The zero-order chi connectivity index (χ0) is 14.2. The summed E-state index contributed by atoms with van der Waals surface area (Å²) in [5.41, 5.74) is 0.139. The Balaban J connectivity index is 1.71. The maximum absolute atomic E-state index is 12.4. The third kappa shape index (κ3) is 2.30. The molecule has 0 spiro atoms. The minimum absolute atomic E-state index is 0.143. The fourth-order valence-corrected chi connectivity index (χ4v) is 4.21. The van der Waals surface area contributed by atoms with E-state index in [0.717, 1.165) is 17.7 Å². The summed E-state index contributed by atoms with van der Waals surface area (Å²) >= 11 is 1.53. The van der Waals surface area contributed by atoms with Gasteiger partial charge in [-0.25, -0.2) is 4.79 Å². The Labute approximate surface area is 121 Å². The van der Waals surface area contributed by atoms with Crippen LogP contribution < -0.4 is 5.32 Å². The lowest BCUT2D eigenvalue weighted by atomic mass is 9.97. The summed E-state index contributed by atoms with van der Waals surface area (Å²) in [6.45, 7) is 0. The number of carboxylic acids is 1. The Morgan fingerprint density at radius 3 is 2.60 bits per heavy atom. The van der Waals surface area contributed by atoms with Gasteiger partial charge in [0.25, 0.3) is 0 Å². The van der Waals surface area contributed by atoms with Crippen molar-refractivity contribution >= 4 is 23.6 Å². The molecule has 0 aromatic heterocycles. The van der Waals surface area contributed by atoms with Gasteiger partial charge in [0, 0.05) is 4.90 Å². The molecule has 2 N–H and O–H groups in total. The van der Waals surface area contributed by atoms with E-state index in [-0.39, 0.29) is 11.2 Å². The molecule has 1 aliphatic carbocycles. The number of carbonyl (C=O) groups is 2. The summed E-state index contributed by atoms with van der Waals surface area (Å²) in [7, 11) is 0. The molecular weight excluding hydrogens is 274 g/mol. The third-order valence-corrected chi connectivity index (χ3v) is 5.49. The lowest BCUT2D eigenvalue weighted by molar-refractivity contribution is -0.147. The Hall–Kier alpha value is -1.49. The molecule has 0 bridgehead atoms. The highest BCUT2D eigenvalue weighted by atomic mass is 32.2. The van der Waals surface area contributed by atoms with Gasteiger partial charge >= 0.3 is 5.97 Å². The molecule has 4 nitrogen and oxygen atoms in total. The molecule has 1 amide bonds. The molecule has 0 radical (unpaired) electrons. The first kappa shape index (κ1) is 13.5. The van der Waals surface area contributed by atoms with Crippen LogP contribution >= 0.6 is 11.8 Å². The van der Waals surface area contributed by atoms with Crippen molar-refractivity contribution in [2.24, 2.45) is 0 Å². The number of amides is 1. The van der Waals surface area contributed by atoms with Crippen LogP contribution in [-0.4, -0.2) is 27.8 Å². The van der Waals surface area contributed by atoms with Crippen LogP contribution in [0, 0.1) is 0 Å². The number of thioether (sulfide) groups is 1. The van der Waals surface area contributed by atoms with Crippen molar-refractivity contribution in [3.63, 3.8) is 0 Å². The summed E-state index contributed by atoms with van der Waals surface area (Å²) in [5.74, 6) is -1.04. The van der Waals surface area contributed by atoms with Gasteiger partial charge in [-0.1, -0.05) is 31.0 Å². The first-order valence-electron chi connectivity index (χ1n) is 6.91. The predicted molar refractivity (Wildman–Crippen MR) is 76.8 cm³/mol. The number of nitrogens with one attached hydrogen (secondary N) is 1. The number of benzene rings is 1. The molecule has 1 atom stereocenters. The second-order valence-electron chi connectivity index (χ2n) is 5.50. The maximum Gasteiger partial charge on any atom is 0.329 e. The van der Waals surface area contributed by atoms with E-state index in [0.29, 0.717) is 19.3 Å². The van der Waals surface area contributed by atoms with Crippen LogP contribution in [0.15, 0.2) is 29.2 Å². The lowest BCUT2D eigenvalue weighted by Gasteiger charge is -2.26. The summed E-state index contributed by atoms with van der Waals surface area (Å²) in [6, 6.07) is 7.96. The van der Waals surface area contributed by atoms with E-state index < -0.39 is 11.5 Å². The molecule has 5 heteroatoms. The SMILES string of the molecule is O=C(NC1(C(=O)O)CCCC1)C1Cc2ccccc2S1. The topological polar surface area (TPSA) is 66.4 Å². The molecule has 2 aliphatic rings. The van der Waals surface area contributed by atoms with Crippen molar-refractivity contribution in [3.05, 3.63) is 29.8 Å². The second-order valence-corrected chi connectivity index (χ2v) is 6.75. The van der Waals surface area contributed by atoms with Gasteiger partial charge in [-0.3, -0.25) is 4.79 Å². The molecule has 1 fully saturated rings. The van der Waals surface area contributed by atoms with Crippen LogP contribution in [0.5, 0.6) is 0 Å². The Morgan fingerprint density at radius 2 is 1.95 bits per heavy atom. The molecule has 0 saturated heterocycles. The highest BCUT2D eigenvalue weighted by Gasteiger charge is 2.44. The van der Waals surface area contributed by atoms with Crippen LogP contribution in [0.1, 0.15) is 31.2 Å². The van der Waals surface area contributed by atoms with Gasteiger partial charge < -0.3 is 10.4 Å². The van der Waals surface area contributed by atoms with Crippen molar-refractivity contribution < 1.29 is 14.7 Å². The first-order valence-corrected chi connectivity index (χ1v) is 7.79. The van der Waals surface area contributed by atoms with Gasteiger partial charge in [0.15, 0.2) is 0 Å². The largest absolute Gasteiger partial charge is 0.480 e. The molecule has 1 saturated carbocycles. The molecule has 20 heavy (non-hydrogen) atoms. The zero-order valence-electron chi connectivity index (χ0n) is 11.1. The van der Waals surface area contributed by atoms with Crippen LogP contribution in [0.3, 0.4) is 0 Å². The number of fused-ring (bicyclic) bond motifs is 1. The monoisotopic (exact) mass is 291 g/mol. The minimum atomic E-state index is -1.04. The summed E-state index contributed by atoms with van der Waals surface area (Å²) in [6.07, 6.45) is 3.49. The predicted octanol–water partition coefficient (Wildman–Crippen LogP) is 2.22. The summed E-state index contributed by atoms with van der Waals surface area (Å²) in [4.78, 5) is 25.0. The highest BCUT2D eigenvalue weighted by Crippen LogP contribution is 2.38. The Morgan fingerprint density at radius 1 is 1.25 bits per heavy atom. The van der Waals surface area contributed by atoms with Gasteiger partial charge in [-0.15, -0.1) is 11.8 Å². The molecule has 1 aromatic carbocycles. The van der Waals surface area contributed by atoms with E-state index in [9.17, 15) is 14.7 Å². The summed E-state index contributed by atoms with van der Waals surface area (Å²) < 4.78 is 0. The van der Waals surface area contributed by atoms with Crippen molar-refractivity contribution in [2.45, 2.75) is 47.8 Å². The van der Waals surface area contributed by atoms with E-state index in [4.69, 9.17) is 0 Å². The second kappa shape index (κ2) is 5.13. The highest BCUT2D eigenvalue weighted by molar-refractivity contribution is 8.01. The number of carbonyl (C=O) groups excluding carboxylic acids is 1.